The number of likely N-dealkylation sites (tertiary alicyclic amines) is 1. The van der Waals surface area contributed by atoms with Crippen LogP contribution >= 0.6 is 0 Å². The summed E-state index contributed by atoms with van der Waals surface area (Å²) < 4.78 is 25.5. The summed E-state index contributed by atoms with van der Waals surface area (Å²) in [6.07, 6.45) is 3.14. The van der Waals surface area contributed by atoms with Crippen molar-refractivity contribution >= 4 is 15.9 Å². The molecule has 7 heteroatoms. The van der Waals surface area contributed by atoms with Crippen LogP contribution in [0.2, 0.25) is 0 Å². The van der Waals surface area contributed by atoms with Crippen molar-refractivity contribution in [2.24, 2.45) is 5.73 Å². The summed E-state index contributed by atoms with van der Waals surface area (Å²) in [7, 11) is -3.26. The monoisotopic (exact) mass is 365 g/mol. The Morgan fingerprint density at radius 1 is 1.08 bits per heavy atom. The number of hydrogen-bond acceptors (Lipinski definition) is 4. The van der Waals surface area contributed by atoms with Crippen LogP contribution in [0.25, 0.3) is 0 Å². The zero-order chi connectivity index (χ0) is 17.9. The van der Waals surface area contributed by atoms with Crippen LogP contribution in [0.4, 0.5) is 0 Å². The Labute approximate surface area is 150 Å². The normalized spacial score (nSPS) is 23.3. The van der Waals surface area contributed by atoms with Gasteiger partial charge in [-0.15, -0.1) is 0 Å². The van der Waals surface area contributed by atoms with Gasteiger partial charge in [-0.1, -0.05) is 30.3 Å². The third-order valence-corrected chi connectivity index (χ3v) is 7.52. The van der Waals surface area contributed by atoms with Gasteiger partial charge in [0.15, 0.2) is 0 Å². The van der Waals surface area contributed by atoms with Crippen LogP contribution in [0.1, 0.15) is 31.2 Å². The predicted molar refractivity (Wildman–Crippen MR) is 97.6 cm³/mol. The summed E-state index contributed by atoms with van der Waals surface area (Å²) >= 11 is 0. The van der Waals surface area contributed by atoms with Crippen molar-refractivity contribution in [3.05, 3.63) is 35.9 Å². The molecule has 2 saturated heterocycles. The number of hydrogen-bond donors (Lipinski definition) is 1. The fourth-order valence-corrected chi connectivity index (χ4v) is 5.40. The lowest BCUT2D eigenvalue weighted by Crippen LogP contribution is -2.51. The van der Waals surface area contributed by atoms with E-state index in [4.69, 9.17) is 5.73 Å². The molecule has 25 heavy (non-hydrogen) atoms. The number of carbonyl (C=O) groups is 1. The van der Waals surface area contributed by atoms with E-state index >= 15 is 0 Å². The van der Waals surface area contributed by atoms with Gasteiger partial charge in [0.2, 0.25) is 15.9 Å². The Morgan fingerprint density at radius 3 is 2.36 bits per heavy atom. The van der Waals surface area contributed by atoms with Crippen molar-refractivity contribution in [2.45, 2.75) is 31.1 Å². The maximum atomic E-state index is 12.6. The van der Waals surface area contributed by atoms with E-state index in [1.165, 1.54) is 9.87 Å². The molecule has 2 fully saturated rings. The summed E-state index contributed by atoms with van der Waals surface area (Å²) in [6.45, 7) is 2.24. The smallest absolute Gasteiger partial charge is 0.237 e. The van der Waals surface area contributed by atoms with E-state index in [1.54, 1.807) is 4.90 Å². The van der Waals surface area contributed by atoms with Gasteiger partial charge in [-0.2, -0.15) is 4.31 Å². The zero-order valence-corrected chi connectivity index (χ0v) is 15.4. The molecule has 6 nitrogen and oxygen atoms in total. The molecular weight excluding hydrogens is 338 g/mol. The topological polar surface area (TPSA) is 83.7 Å². The third kappa shape index (κ3) is 3.88. The largest absolute Gasteiger partial charge is 0.341 e. The minimum atomic E-state index is -3.26. The average molecular weight is 365 g/mol. The van der Waals surface area contributed by atoms with Gasteiger partial charge in [0.05, 0.1) is 12.3 Å². The molecule has 2 N–H and O–H groups in total. The first kappa shape index (κ1) is 18.4. The Morgan fingerprint density at radius 2 is 1.76 bits per heavy atom. The lowest BCUT2D eigenvalue weighted by atomic mass is 9.73. The first-order valence-electron chi connectivity index (χ1n) is 8.98. The molecule has 138 valence electrons. The highest BCUT2D eigenvalue weighted by Gasteiger charge is 2.37. The number of amides is 1. The summed E-state index contributed by atoms with van der Waals surface area (Å²) in [5, 5.41) is 0. The van der Waals surface area contributed by atoms with E-state index in [2.05, 4.69) is 12.1 Å². The summed E-state index contributed by atoms with van der Waals surface area (Å²) in [5.41, 5.74) is 7.22. The van der Waals surface area contributed by atoms with Crippen molar-refractivity contribution in [3.63, 3.8) is 0 Å². The van der Waals surface area contributed by atoms with Gasteiger partial charge < -0.3 is 10.6 Å². The van der Waals surface area contributed by atoms with Crippen molar-refractivity contribution in [2.75, 3.05) is 38.5 Å². The van der Waals surface area contributed by atoms with Crippen LogP contribution in [0, 0.1) is 0 Å². The molecule has 0 atom stereocenters. The molecule has 0 spiro atoms. The van der Waals surface area contributed by atoms with Crippen molar-refractivity contribution in [3.8, 4) is 0 Å². The third-order valence-electron chi connectivity index (χ3n) is 5.61. The Hall–Kier alpha value is -1.44. The molecule has 3 rings (SSSR count). The van der Waals surface area contributed by atoms with Gasteiger partial charge in [-0.25, -0.2) is 8.42 Å². The molecule has 0 saturated carbocycles. The van der Waals surface area contributed by atoms with Gasteiger partial charge in [0.25, 0.3) is 0 Å². The minimum absolute atomic E-state index is 0.0245. The number of nitrogens with two attached hydrogens (primary N) is 1. The molecule has 0 aliphatic carbocycles. The van der Waals surface area contributed by atoms with Crippen molar-refractivity contribution in [1.29, 1.82) is 0 Å². The van der Waals surface area contributed by atoms with E-state index in [-0.39, 0.29) is 23.6 Å². The molecule has 1 aromatic carbocycles. The molecule has 2 aliphatic heterocycles. The number of nitrogens with zero attached hydrogens (tertiary/aromatic N) is 2. The maximum Gasteiger partial charge on any atom is 0.237 e. The van der Waals surface area contributed by atoms with Gasteiger partial charge in [-0.3, -0.25) is 4.79 Å². The quantitative estimate of drug-likeness (QED) is 0.860. The van der Waals surface area contributed by atoms with Crippen molar-refractivity contribution < 1.29 is 13.2 Å². The molecule has 2 heterocycles. The molecule has 0 radical (unpaired) electrons. The number of sulfonamides is 1. The Bertz CT molecular complexity index is 698. The zero-order valence-electron chi connectivity index (χ0n) is 14.6. The van der Waals surface area contributed by atoms with Gasteiger partial charge >= 0.3 is 0 Å². The Kier molecular flexibility index (Phi) is 5.46. The highest BCUT2D eigenvalue weighted by molar-refractivity contribution is 7.89. The lowest BCUT2D eigenvalue weighted by Gasteiger charge is -2.42. The van der Waals surface area contributed by atoms with Crippen molar-refractivity contribution in [1.82, 2.24) is 9.21 Å². The van der Waals surface area contributed by atoms with Crippen LogP contribution in [0.5, 0.6) is 0 Å². The highest BCUT2D eigenvalue weighted by atomic mass is 32.2. The minimum Gasteiger partial charge on any atom is -0.341 e. The molecule has 0 unspecified atom stereocenters. The van der Waals surface area contributed by atoms with Gasteiger partial charge in [0, 0.05) is 31.6 Å². The molecule has 0 bridgehead atoms. The highest BCUT2D eigenvalue weighted by Crippen LogP contribution is 2.34. The van der Waals surface area contributed by atoms with E-state index in [9.17, 15) is 13.2 Å². The average Bonchev–Trinajstić information content (AvgIpc) is 2.64. The number of benzene rings is 1. The number of rotatable bonds is 4. The summed E-state index contributed by atoms with van der Waals surface area (Å²) in [6, 6.07) is 10.2. The van der Waals surface area contributed by atoms with E-state index in [0.717, 1.165) is 19.3 Å². The Balaban J connectivity index is 1.62. The second-order valence-electron chi connectivity index (χ2n) is 7.09. The fraction of sp³-hybridized carbons (Fsp3) is 0.611. The molecule has 0 aromatic heterocycles. The molecule has 1 amide bonds. The predicted octanol–water partition coefficient (Wildman–Crippen LogP) is 0.931. The number of carbonyl (C=O) groups excluding carboxylic acids is 1. The molecule has 1 aromatic rings. The van der Waals surface area contributed by atoms with E-state index < -0.39 is 10.0 Å². The summed E-state index contributed by atoms with van der Waals surface area (Å²) in [4.78, 5) is 14.4. The van der Waals surface area contributed by atoms with Crippen LogP contribution in [0.15, 0.2) is 30.3 Å². The first-order valence-corrected chi connectivity index (χ1v) is 10.6. The van der Waals surface area contributed by atoms with Crippen LogP contribution in [-0.2, 0) is 20.2 Å². The second kappa shape index (κ2) is 7.43. The summed E-state index contributed by atoms with van der Waals surface area (Å²) in [5.74, 6) is 0.0639. The SMILES string of the molecule is NCC1(c2ccccc2)CCN(C(=O)CN2CCCCS2(=O)=O)CC1. The van der Waals surface area contributed by atoms with E-state index in [0.29, 0.717) is 32.6 Å². The molecule has 2 aliphatic rings. The number of piperidine rings is 1. The molecular formula is C18H27N3O3S. The van der Waals surface area contributed by atoms with Crippen LogP contribution in [-0.4, -0.2) is 62.0 Å². The van der Waals surface area contributed by atoms with Crippen LogP contribution in [0.3, 0.4) is 0 Å². The lowest BCUT2D eigenvalue weighted by molar-refractivity contribution is -0.133. The maximum absolute atomic E-state index is 12.6. The first-order chi connectivity index (χ1) is 12.0. The van der Waals surface area contributed by atoms with Gasteiger partial charge in [-0.05, 0) is 31.2 Å². The fourth-order valence-electron chi connectivity index (χ4n) is 3.86. The standard InChI is InChI=1S/C18H27N3O3S/c19-15-18(16-6-2-1-3-7-16)8-11-20(12-9-18)17(22)14-21-10-4-5-13-25(21,23)24/h1-3,6-7H,4-5,8-15,19H2. The van der Waals surface area contributed by atoms with Gasteiger partial charge in [0.1, 0.15) is 0 Å². The van der Waals surface area contributed by atoms with Crippen LogP contribution < -0.4 is 5.73 Å². The van der Waals surface area contributed by atoms with E-state index in [1.807, 2.05) is 18.2 Å². The second-order valence-corrected chi connectivity index (χ2v) is 9.18.